The highest BCUT2D eigenvalue weighted by Gasteiger charge is 2.25. The van der Waals surface area contributed by atoms with Gasteiger partial charge in [-0.1, -0.05) is 0 Å². The monoisotopic (exact) mass is 190 g/mol. The Morgan fingerprint density at radius 2 is 2.14 bits per heavy atom. The van der Waals surface area contributed by atoms with Crippen molar-refractivity contribution in [2.24, 2.45) is 0 Å². The summed E-state index contributed by atoms with van der Waals surface area (Å²) in [5.41, 5.74) is 2.54. The van der Waals surface area contributed by atoms with Gasteiger partial charge < -0.3 is 4.42 Å². The standard InChI is InChI=1S/C12H11FO/c1-7-6-14-12-10(7)4-9(5-11(12)13)8-2-3-8/h4-6,8H,2-3H2,1H3. The van der Waals surface area contributed by atoms with Crippen molar-refractivity contribution in [3.05, 3.63) is 35.3 Å². The summed E-state index contributed by atoms with van der Waals surface area (Å²) >= 11 is 0. The molecule has 72 valence electrons. The predicted octanol–water partition coefficient (Wildman–Crippen LogP) is 3.76. The summed E-state index contributed by atoms with van der Waals surface area (Å²) in [5.74, 6) is 0.362. The molecular weight excluding hydrogens is 179 g/mol. The molecule has 1 aromatic carbocycles. The van der Waals surface area contributed by atoms with E-state index < -0.39 is 0 Å². The van der Waals surface area contributed by atoms with Crippen LogP contribution in [0.4, 0.5) is 4.39 Å². The van der Waals surface area contributed by atoms with Crippen LogP contribution in [0.5, 0.6) is 0 Å². The first-order valence-corrected chi connectivity index (χ1v) is 4.93. The number of hydrogen-bond acceptors (Lipinski definition) is 1. The van der Waals surface area contributed by atoms with Gasteiger partial charge in [0.25, 0.3) is 0 Å². The van der Waals surface area contributed by atoms with Gasteiger partial charge >= 0.3 is 0 Å². The van der Waals surface area contributed by atoms with Gasteiger partial charge in [0.1, 0.15) is 0 Å². The molecule has 0 radical (unpaired) electrons. The van der Waals surface area contributed by atoms with Crippen molar-refractivity contribution >= 4 is 11.0 Å². The second-order valence-electron chi connectivity index (χ2n) is 4.07. The molecule has 0 amide bonds. The Morgan fingerprint density at radius 3 is 2.86 bits per heavy atom. The smallest absolute Gasteiger partial charge is 0.169 e. The molecule has 1 heterocycles. The topological polar surface area (TPSA) is 13.1 Å². The quantitative estimate of drug-likeness (QED) is 0.667. The maximum Gasteiger partial charge on any atom is 0.169 e. The van der Waals surface area contributed by atoms with Gasteiger partial charge in [-0.05, 0) is 48.9 Å². The summed E-state index contributed by atoms with van der Waals surface area (Å²) in [4.78, 5) is 0. The van der Waals surface area contributed by atoms with E-state index in [0.717, 1.165) is 16.5 Å². The average Bonchev–Trinajstić information content (AvgIpc) is 2.93. The Morgan fingerprint density at radius 1 is 1.36 bits per heavy atom. The van der Waals surface area contributed by atoms with E-state index >= 15 is 0 Å². The van der Waals surface area contributed by atoms with E-state index in [2.05, 4.69) is 6.07 Å². The van der Waals surface area contributed by atoms with Crippen molar-refractivity contribution in [1.29, 1.82) is 0 Å². The summed E-state index contributed by atoms with van der Waals surface area (Å²) in [6, 6.07) is 3.68. The maximum absolute atomic E-state index is 13.6. The first-order chi connectivity index (χ1) is 6.75. The molecule has 0 aliphatic heterocycles. The lowest BCUT2D eigenvalue weighted by Gasteiger charge is -1.99. The third kappa shape index (κ3) is 1.07. The molecule has 1 aliphatic carbocycles. The molecule has 1 fully saturated rings. The first-order valence-electron chi connectivity index (χ1n) is 4.93. The Kier molecular flexibility index (Phi) is 1.49. The fourth-order valence-electron chi connectivity index (χ4n) is 1.89. The second kappa shape index (κ2) is 2.59. The highest BCUT2D eigenvalue weighted by molar-refractivity contribution is 5.82. The lowest BCUT2D eigenvalue weighted by Crippen LogP contribution is -1.83. The van der Waals surface area contributed by atoms with Crippen molar-refractivity contribution < 1.29 is 8.81 Å². The molecule has 0 atom stereocenters. The maximum atomic E-state index is 13.6. The van der Waals surface area contributed by atoms with Crippen LogP contribution < -0.4 is 0 Å². The summed E-state index contributed by atoms with van der Waals surface area (Å²) < 4.78 is 18.7. The summed E-state index contributed by atoms with van der Waals surface area (Å²) in [6.45, 7) is 1.95. The third-order valence-electron chi connectivity index (χ3n) is 2.89. The van der Waals surface area contributed by atoms with Crippen LogP contribution in [0.3, 0.4) is 0 Å². The lowest BCUT2D eigenvalue weighted by molar-refractivity contribution is 0.558. The molecule has 2 heteroatoms. The van der Waals surface area contributed by atoms with Crippen LogP contribution in [0.25, 0.3) is 11.0 Å². The highest BCUT2D eigenvalue weighted by atomic mass is 19.1. The minimum Gasteiger partial charge on any atom is -0.461 e. The number of halogens is 1. The van der Waals surface area contributed by atoms with E-state index in [1.807, 2.05) is 6.92 Å². The van der Waals surface area contributed by atoms with Crippen LogP contribution in [-0.2, 0) is 0 Å². The van der Waals surface area contributed by atoms with Crippen LogP contribution >= 0.6 is 0 Å². The lowest BCUT2D eigenvalue weighted by atomic mass is 10.1. The summed E-state index contributed by atoms with van der Waals surface area (Å²) in [7, 11) is 0. The fraction of sp³-hybridized carbons (Fsp3) is 0.333. The number of aryl methyl sites for hydroxylation is 1. The molecule has 1 saturated carbocycles. The van der Waals surface area contributed by atoms with Crippen LogP contribution in [-0.4, -0.2) is 0 Å². The van der Waals surface area contributed by atoms with Gasteiger partial charge in [0.2, 0.25) is 0 Å². The van der Waals surface area contributed by atoms with Gasteiger partial charge in [0, 0.05) is 5.39 Å². The van der Waals surface area contributed by atoms with E-state index in [1.165, 1.54) is 12.8 Å². The van der Waals surface area contributed by atoms with E-state index in [0.29, 0.717) is 11.5 Å². The molecule has 1 nitrogen and oxygen atoms in total. The largest absolute Gasteiger partial charge is 0.461 e. The summed E-state index contributed by atoms with van der Waals surface area (Å²) in [6.07, 6.45) is 4.01. The van der Waals surface area contributed by atoms with Gasteiger partial charge in [0.05, 0.1) is 6.26 Å². The molecule has 1 aliphatic rings. The molecule has 0 spiro atoms. The van der Waals surface area contributed by atoms with Crippen molar-refractivity contribution in [3.63, 3.8) is 0 Å². The fourth-order valence-corrected chi connectivity index (χ4v) is 1.89. The molecule has 0 N–H and O–H groups in total. The molecule has 0 saturated heterocycles. The van der Waals surface area contributed by atoms with Crippen molar-refractivity contribution in [2.45, 2.75) is 25.7 Å². The highest BCUT2D eigenvalue weighted by Crippen LogP contribution is 2.41. The van der Waals surface area contributed by atoms with Crippen molar-refractivity contribution in [1.82, 2.24) is 0 Å². The Hall–Kier alpha value is -1.31. The van der Waals surface area contributed by atoms with Crippen molar-refractivity contribution in [2.75, 3.05) is 0 Å². The number of rotatable bonds is 1. The van der Waals surface area contributed by atoms with Crippen LogP contribution in [0.2, 0.25) is 0 Å². The number of hydrogen-bond donors (Lipinski definition) is 0. The van der Waals surface area contributed by atoms with E-state index in [-0.39, 0.29) is 5.82 Å². The molecule has 14 heavy (non-hydrogen) atoms. The SMILES string of the molecule is Cc1coc2c(F)cc(C3CC3)cc12. The molecule has 1 aromatic heterocycles. The van der Waals surface area contributed by atoms with Gasteiger partial charge in [-0.15, -0.1) is 0 Å². The molecule has 3 rings (SSSR count). The zero-order chi connectivity index (χ0) is 9.71. The minimum atomic E-state index is -0.225. The van der Waals surface area contributed by atoms with Crippen molar-refractivity contribution in [3.8, 4) is 0 Å². The predicted molar refractivity (Wildman–Crippen MR) is 52.9 cm³/mol. The zero-order valence-corrected chi connectivity index (χ0v) is 8.01. The van der Waals surface area contributed by atoms with Crippen LogP contribution in [0, 0.1) is 12.7 Å². The van der Waals surface area contributed by atoms with Gasteiger partial charge in [-0.25, -0.2) is 4.39 Å². The molecule has 0 unspecified atom stereocenters. The zero-order valence-electron chi connectivity index (χ0n) is 8.01. The number of fused-ring (bicyclic) bond motifs is 1. The molecule has 0 bridgehead atoms. The Labute approximate surface area is 81.5 Å². The van der Waals surface area contributed by atoms with E-state index in [9.17, 15) is 4.39 Å². The van der Waals surface area contributed by atoms with E-state index in [4.69, 9.17) is 4.42 Å². The minimum absolute atomic E-state index is 0.225. The molecule has 2 aromatic rings. The third-order valence-corrected chi connectivity index (χ3v) is 2.89. The van der Waals surface area contributed by atoms with Crippen LogP contribution in [0.1, 0.15) is 29.9 Å². The second-order valence-corrected chi connectivity index (χ2v) is 4.07. The van der Waals surface area contributed by atoms with Gasteiger partial charge in [-0.3, -0.25) is 0 Å². The Balaban J connectivity index is 2.30. The van der Waals surface area contributed by atoms with Crippen LogP contribution in [0.15, 0.2) is 22.8 Å². The van der Waals surface area contributed by atoms with E-state index in [1.54, 1.807) is 12.3 Å². The number of benzene rings is 1. The van der Waals surface area contributed by atoms with Gasteiger partial charge in [0.15, 0.2) is 11.4 Å². The number of furan rings is 1. The van der Waals surface area contributed by atoms with Gasteiger partial charge in [-0.2, -0.15) is 0 Å². The molecular formula is C12H11FO. The average molecular weight is 190 g/mol. The summed E-state index contributed by atoms with van der Waals surface area (Å²) in [5, 5.41) is 0.923. The normalized spacial score (nSPS) is 16.4. The Bertz CT molecular complexity index is 494. The first kappa shape index (κ1) is 8.04.